The summed E-state index contributed by atoms with van der Waals surface area (Å²) in [7, 11) is 0. The van der Waals surface area contributed by atoms with E-state index in [2.05, 4.69) is 40.9 Å². The minimum atomic E-state index is -0.607. The van der Waals surface area contributed by atoms with Crippen molar-refractivity contribution in [2.75, 3.05) is 23.7 Å². The number of rotatable bonds is 4. The standard InChI is InChI=1S/C20H24N6O2.C3H8.C2H6/c1-13(14-3-5-15(6-4-14)16-11-22-18(21)23-12-16)17-24-19(28-25-17)26-9-7-20(2,27)8-10-26;1-3-2;1-2/h3-6,11-13,27H,7-10H2,1-2H3,(H2,21,22,23);3H2,1-2H3;1-2H3. The summed E-state index contributed by atoms with van der Waals surface area (Å²) in [6.45, 7) is 13.6. The zero-order chi connectivity index (χ0) is 24.4. The van der Waals surface area contributed by atoms with Crippen LogP contribution in [0.3, 0.4) is 0 Å². The Labute approximate surface area is 197 Å². The lowest BCUT2D eigenvalue weighted by Crippen LogP contribution is -2.42. The Hall–Kier alpha value is -3.00. The number of anilines is 2. The monoisotopic (exact) mass is 454 g/mol. The molecule has 0 radical (unpaired) electrons. The molecule has 1 fully saturated rings. The molecule has 0 aliphatic carbocycles. The van der Waals surface area contributed by atoms with E-state index in [1.165, 1.54) is 6.42 Å². The average molecular weight is 455 g/mol. The number of benzene rings is 1. The molecule has 0 amide bonds. The molecule has 2 aromatic heterocycles. The maximum Gasteiger partial charge on any atom is 0.324 e. The fourth-order valence-corrected chi connectivity index (χ4v) is 3.31. The number of aromatic nitrogens is 4. The van der Waals surface area contributed by atoms with E-state index in [1.807, 2.05) is 49.9 Å². The van der Waals surface area contributed by atoms with E-state index in [-0.39, 0.29) is 11.9 Å². The number of nitrogen functional groups attached to an aromatic ring is 1. The first kappa shape index (κ1) is 26.3. The average Bonchev–Trinajstić information content (AvgIpc) is 3.31. The molecule has 1 unspecified atom stereocenters. The molecular formula is C25H38N6O2. The number of aliphatic hydroxyl groups is 1. The zero-order valence-corrected chi connectivity index (χ0v) is 20.7. The highest BCUT2D eigenvalue weighted by Gasteiger charge is 2.30. The van der Waals surface area contributed by atoms with Crippen molar-refractivity contribution in [3.63, 3.8) is 0 Å². The van der Waals surface area contributed by atoms with Gasteiger partial charge in [0.1, 0.15) is 0 Å². The van der Waals surface area contributed by atoms with Crippen LogP contribution in [0.15, 0.2) is 41.2 Å². The molecule has 3 N–H and O–H groups in total. The van der Waals surface area contributed by atoms with Crippen LogP contribution in [0.4, 0.5) is 12.0 Å². The Morgan fingerprint density at radius 3 is 2.15 bits per heavy atom. The van der Waals surface area contributed by atoms with Gasteiger partial charge in [-0.3, -0.25) is 0 Å². The predicted octanol–water partition coefficient (Wildman–Crippen LogP) is 5.05. The topological polar surface area (TPSA) is 114 Å². The quantitative estimate of drug-likeness (QED) is 0.562. The van der Waals surface area contributed by atoms with E-state index in [9.17, 15) is 5.11 Å². The summed E-state index contributed by atoms with van der Waals surface area (Å²) >= 11 is 0. The molecule has 0 bridgehead atoms. The Morgan fingerprint density at radius 1 is 1.06 bits per heavy atom. The van der Waals surface area contributed by atoms with Crippen molar-refractivity contribution in [1.29, 1.82) is 0 Å². The van der Waals surface area contributed by atoms with Gasteiger partial charge in [-0.15, -0.1) is 0 Å². The second-order valence-corrected chi connectivity index (χ2v) is 8.30. The molecule has 0 saturated carbocycles. The molecule has 3 aromatic rings. The Bertz CT molecular complexity index is 944. The Kier molecular flexibility index (Phi) is 9.78. The number of nitrogens with zero attached hydrogens (tertiary/aromatic N) is 5. The minimum Gasteiger partial charge on any atom is -0.390 e. The van der Waals surface area contributed by atoms with Gasteiger partial charge in [0.25, 0.3) is 0 Å². The molecular weight excluding hydrogens is 416 g/mol. The second kappa shape index (κ2) is 12.3. The molecule has 33 heavy (non-hydrogen) atoms. The van der Waals surface area contributed by atoms with Crippen LogP contribution in [0.2, 0.25) is 0 Å². The van der Waals surface area contributed by atoms with Crippen LogP contribution in [0.5, 0.6) is 0 Å². The number of nitrogens with two attached hydrogens (primary N) is 1. The van der Waals surface area contributed by atoms with Crippen molar-refractivity contribution in [1.82, 2.24) is 20.1 Å². The van der Waals surface area contributed by atoms with Crippen molar-refractivity contribution in [3.8, 4) is 11.1 Å². The third-order valence-electron chi connectivity index (χ3n) is 5.35. The first-order valence-corrected chi connectivity index (χ1v) is 11.8. The fraction of sp³-hybridized carbons (Fsp3) is 0.520. The molecule has 8 heteroatoms. The summed E-state index contributed by atoms with van der Waals surface area (Å²) in [5.41, 5.74) is 7.96. The number of hydrogen-bond acceptors (Lipinski definition) is 8. The van der Waals surface area contributed by atoms with E-state index >= 15 is 0 Å². The highest BCUT2D eigenvalue weighted by molar-refractivity contribution is 5.62. The molecule has 180 valence electrons. The van der Waals surface area contributed by atoms with Gasteiger partial charge >= 0.3 is 6.01 Å². The lowest BCUT2D eigenvalue weighted by atomic mass is 9.94. The van der Waals surface area contributed by atoms with Crippen LogP contribution in [-0.4, -0.2) is 43.9 Å². The van der Waals surface area contributed by atoms with Crippen molar-refractivity contribution in [3.05, 3.63) is 48.0 Å². The Morgan fingerprint density at radius 2 is 1.61 bits per heavy atom. The highest BCUT2D eigenvalue weighted by Crippen LogP contribution is 2.29. The van der Waals surface area contributed by atoms with Crippen LogP contribution in [0.1, 0.15) is 78.1 Å². The molecule has 0 spiro atoms. The molecule has 1 saturated heterocycles. The van der Waals surface area contributed by atoms with Crippen molar-refractivity contribution >= 4 is 12.0 Å². The van der Waals surface area contributed by atoms with Gasteiger partial charge < -0.3 is 20.3 Å². The van der Waals surface area contributed by atoms with Crippen LogP contribution in [0.25, 0.3) is 11.1 Å². The van der Waals surface area contributed by atoms with Gasteiger partial charge in [0, 0.05) is 37.0 Å². The molecule has 4 rings (SSSR count). The van der Waals surface area contributed by atoms with Crippen LogP contribution < -0.4 is 10.6 Å². The van der Waals surface area contributed by atoms with Crippen molar-refractivity contribution in [2.24, 2.45) is 0 Å². The maximum atomic E-state index is 10.1. The van der Waals surface area contributed by atoms with Crippen LogP contribution in [-0.2, 0) is 0 Å². The SMILES string of the molecule is CC.CC(c1ccc(-c2cnc(N)nc2)cc1)c1noc(N2CCC(C)(O)CC2)n1.CCC. The van der Waals surface area contributed by atoms with Gasteiger partial charge in [-0.2, -0.15) is 4.98 Å². The van der Waals surface area contributed by atoms with Gasteiger partial charge in [-0.05, 0) is 30.9 Å². The van der Waals surface area contributed by atoms with E-state index < -0.39 is 5.60 Å². The fourth-order valence-electron chi connectivity index (χ4n) is 3.31. The second-order valence-electron chi connectivity index (χ2n) is 8.30. The molecule has 3 heterocycles. The summed E-state index contributed by atoms with van der Waals surface area (Å²) in [6.07, 6.45) is 6.05. The van der Waals surface area contributed by atoms with Crippen molar-refractivity contribution in [2.45, 2.75) is 72.3 Å². The van der Waals surface area contributed by atoms with E-state index in [0.29, 0.717) is 37.8 Å². The summed E-state index contributed by atoms with van der Waals surface area (Å²) in [5.74, 6) is 0.914. The van der Waals surface area contributed by atoms with Gasteiger partial charge in [0.05, 0.1) is 5.60 Å². The number of hydrogen-bond donors (Lipinski definition) is 2. The molecule has 1 aliphatic rings. The first-order chi connectivity index (χ1) is 15.8. The van der Waals surface area contributed by atoms with Crippen LogP contribution >= 0.6 is 0 Å². The lowest BCUT2D eigenvalue weighted by molar-refractivity contribution is 0.0341. The van der Waals surface area contributed by atoms with Gasteiger partial charge in [-0.1, -0.05) is 70.5 Å². The summed E-state index contributed by atoms with van der Waals surface area (Å²) < 4.78 is 5.47. The zero-order valence-electron chi connectivity index (χ0n) is 20.7. The normalized spacial score (nSPS) is 15.5. The van der Waals surface area contributed by atoms with Gasteiger partial charge in [-0.25, -0.2) is 9.97 Å². The number of piperidine rings is 1. The van der Waals surface area contributed by atoms with Gasteiger partial charge in [0.15, 0.2) is 5.82 Å². The minimum absolute atomic E-state index is 0.00196. The van der Waals surface area contributed by atoms with E-state index in [1.54, 1.807) is 12.4 Å². The predicted molar refractivity (Wildman–Crippen MR) is 133 cm³/mol. The van der Waals surface area contributed by atoms with Gasteiger partial charge in [0.2, 0.25) is 5.95 Å². The lowest BCUT2D eigenvalue weighted by Gasteiger charge is -2.34. The molecule has 8 nitrogen and oxygen atoms in total. The highest BCUT2D eigenvalue weighted by atomic mass is 16.5. The van der Waals surface area contributed by atoms with Crippen LogP contribution in [0, 0.1) is 0 Å². The summed E-state index contributed by atoms with van der Waals surface area (Å²) in [6, 6.07) is 8.66. The summed E-state index contributed by atoms with van der Waals surface area (Å²) in [4.78, 5) is 14.7. The molecule has 1 aliphatic heterocycles. The largest absolute Gasteiger partial charge is 0.390 e. The maximum absolute atomic E-state index is 10.1. The first-order valence-electron chi connectivity index (χ1n) is 11.8. The Balaban J connectivity index is 0.000000714. The molecule has 1 aromatic carbocycles. The molecule has 1 atom stereocenters. The van der Waals surface area contributed by atoms with Crippen molar-refractivity contribution < 1.29 is 9.63 Å². The van der Waals surface area contributed by atoms with E-state index in [0.717, 1.165) is 16.7 Å². The summed E-state index contributed by atoms with van der Waals surface area (Å²) in [5, 5.41) is 14.3. The third kappa shape index (κ3) is 7.25. The smallest absolute Gasteiger partial charge is 0.324 e. The third-order valence-corrected chi connectivity index (χ3v) is 5.35. The van der Waals surface area contributed by atoms with E-state index in [4.69, 9.17) is 10.3 Å².